The van der Waals surface area contributed by atoms with Gasteiger partial charge in [-0.15, -0.1) is 0 Å². The van der Waals surface area contributed by atoms with E-state index in [9.17, 15) is 9.59 Å². The van der Waals surface area contributed by atoms with Gasteiger partial charge in [0.1, 0.15) is 0 Å². The number of carbonyl (C=O) groups excluding carboxylic acids is 1. The minimum atomic E-state index is -1.13. The summed E-state index contributed by atoms with van der Waals surface area (Å²) in [6.45, 7) is 3.96. The van der Waals surface area contributed by atoms with Gasteiger partial charge in [-0.1, -0.05) is 18.5 Å². The number of aromatic carboxylic acids is 1. The van der Waals surface area contributed by atoms with Crippen molar-refractivity contribution in [1.29, 1.82) is 0 Å². The lowest BCUT2D eigenvalue weighted by Gasteiger charge is -2.14. The average molecular weight is 317 g/mol. The lowest BCUT2D eigenvalue weighted by molar-refractivity contribution is 0.0697. The second-order valence-electron chi connectivity index (χ2n) is 4.16. The second-order valence-corrected chi connectivity index (χ2v) is 5.88. The molecule has 1 aromatic rings. The molecule has 1 rings (SSSR count). The molecule has 0 radical (unpaired) electrons. The van der Waals surface area contributed by atoms with Crippen LogP contribution in [0.3, 0.4) is 0 Å². The van der Waals surface area contributed by atoms with E-state index in [1.807, 2.05) is 6.92 Å². The van der Waals surface area contributed by atoms with Crippen molar-refractivity contribution in [3.63, 3.8) is 0 Å². The minimum absolute atomic E-state index is 0.0335. The molecule has 110 valence electrons. The summed E-state index contributed by atoms with van der Waals surface area (Å²) < 4.78 is 0. The maximum absolute atomic E-state index is 11.7. The fourth-order valence-corrected chi connectivity index (χ4v) is 2.37. The molecule has 0 aromatic heterocycles. The molecule has 1 aromatic carbocycles. The van der Waals surface area contributed by atoms with Crippen molar-refractivity contribution >= 4 is 41.1 Å². The summed E-state index contributed by atoms with van der Waals surface area (Å²) in [7, 11) is 0. The highest BCUT2D eigenvalue weighted by atomic mass is 35.5. The predicted molar refractivity (Wildman–Crippen MR) is 83.0 cm³/mol. The Labute approximate surface area is 127 Å². The molecular formula is C13H17ClN2O3S. The SMILES string of the molecule is CCSCC(C)NC(=O)Nc1ccc(Cl)c(C(=O)O)c1. The van der Waals surface area contributed by atoms with Crippen molar-refractivity contribution in [1.82, 2.24) is 5.32 Å². The van der Waals surface area contributed by atoms with E-state index in [4.69, 9.17) is 16.7 Å². The minimum Gasteiger partial charge on any atom is -0.478 e. The number of amides is 2. The third-order valence-electron chi connectivity index (χ3n) is 2.40. The molecule has 0 aliphatic rings. The van der Waals surface area contributed by atoms with E-state index in [0.717, 1.165) is 11.5 Å². The molecule has 1 atom stereocenters. The fourth-order valence-electron chi connectivity index (χ4n) is 1.49. The highest BCUT2D eigenvalue weighted by Gasteiger charge is 2.12. The van der Waals surface area contributed by atoms with E-state index in [1.165, 1.54) is 12.1 Å². The Morgan fingerprint density at radius 1 is 1.45 bits per heavy atom. The lowest BCUT2D eigenvalue weighted by Crippen LogP contribution is -2.37. The van der Waals surface area contributed by atoms with Crippen molar-refractivity contribution in [2.24, 2.45) is 0 Å². The van der Waals surface area contributed by atoms with Gasteiger partial charge in [-0.05, 0) is 30.9 Å². The molecule has 0 bridgehead atoms. The van der Waals surface area contributed by atoms with Crippen LogP contribution in [0.5, 0.6) is 0 Å². The summed E-state index contributed by atoms with van der Waals surface area (Å²) >= 11 is 7.49. The largest absolute Gasteiger partial charge is 0.478 e. The first-order valence-corrected chi connectivity index (χ1v) is 7.65. The first-order valence-electron chi connectivity index (χ1n) is 6.12. The second kappa shape index (κ2) is 8.01. The number of thioether (sulfide) groups is 1. The molecule has 0 fully saturated rings. The molecule has 0 heterocycles. The molecule has 0 saturated heterocycles. The van der Waals surface area contributed by atoms with Crippen LogP contribution in [0.15, 0.2) is 18.2 Å². The zero-order chi connectivity index (χ0) is 15.1. The maximum Gasteiger partial charge on any atom is 0.337 e. The van der Waals surface area contributed by atoms with Gasteiger partial charge in [-0.3, -0.25) is 0 Å². The van der Waals surface area contributed by atoms with Crippen molar-refractivity contribution < 1.29 is 14.7 Å². The third-order valence-corrected chi connectivity index (χ3v) is 3.88. The van der Waals surface area contributed by atoms with Crippen LogP contribution < -0.4 is 10.6 Å². The van der Waals surface area contributed by atoms with Gasteiger partial charge in [0, 0.05) is 17.5 Å². The predicted octanol–water partition coefficient (Wildman–Crippen LogP) is 3.30. The molecule has 0 aliphatic heterocycles. The summed E-state index contributed by atoms with van der Waals surface area (Å²) in [6.07, 6.45) is 0. The van der Waals surface area contributed by atoms with Gasteiger partial charge < -0.3 is 15.7 Å². The summed E-state index contributed by atoms with van der Waals surface area (Å²) in [5.74, 6) is 0.685. The number of nitrogens with one attached hydrogen (secondary N) is 2. The van der Waals surface area contributed by atoms with Crippen LogP contribution in [0.2, 0.25) is 5.02 Å². The number of urea groups is 1. The Hall–Kier alpha value is -1.40. The quantitative estimate of drug-likeness (QED) is 0.752. The van der Waals surface area contributed by atoms with Gasteiger partial charge in [0.05, 0.1) is 10.6 Å². The zero-order valence-electron chi connectivity index (χ0n) is 11.3. The van der Waals surface area contributed by atoms with E-state index in [0.29, 0.717) is 5.69 Å². The van der Waals surface area contributed by atoms with Gasteiger partial charge in [0.15, 0.2) is 0 Å². The van der Waals surface area contributed by atoms with Crippen LogP contribution in [-0.2, 0) is 0 Å². The molecule has 20 heavy (non-hydrogen) atoms. The van der Waals surface area contributed by atoms with E-state index in [-0.39, 0.29) is 22.7 Å². The van der Waals surface area contributed by atoms with Gasteiger partial charge in [0.25, 0.3) is 0 Å². The topological polar surface area (TPSA) is 78.4 Å². The van der Waals surface area contributed by atoms with Gasteiger partial charge in [-0.2, -0.15) is 11.8 Å². The van der Waals surface area contributed by atoms with E-state index in [1.54, 1.807) is 17.8 Å². The molecule has 2 amide bonds. The average Bonchev–Trinajstić information content (AvgIpc) is 2.38. The van der Waals surface area contributed by atoms with Crippen LogP contribution in [0.1, 0.15) is 24.2 Å². The molecular weight excluding hydrogens is 300 g/mol. The van der Waals surface area contributed by atoms with Crippen LogP contribution in [0.4, 0.5) is 10.5 Å². The number of anilines is 1. The Balaban J connectivity index is 2.62. The normalized spacial score (nSPS) is 11.8. The number of carboxylic acid groups (broad SMARTS) is 1. The number of hydrogen-bond donors (Lipinski definition) is 3. The van der Waals surface area contributed by atoms with E-state index < -0.39 is 5.97 Å². The first kappa shape index (κ1) is 16.7. The molecule has 1 unspecified atom stereocenters. The van der Waals surface area contributed by atoms with Gasteiger partial charge >= 0.3 is 12.0 Å². The van der Waals surface area contributed by atoms with Gasteiger partial charge in [0.2, 0.25) is 0 Å². The first-order chi connectivity index (χ1) is 9.43. The van der Waals surface area contributed by atoms with E-state index in [2.05, 4.69) is 17.6 Å². The smallest absolute Gasteiger partial charge is 0.337 e. The van der Waals surface area contributed by atoms with Gasteiger partial charge in [-0.25, -0.2) is 9.59 Å². The van der Waals surface area contributed by atoms with Crippen LogP contribution in [0.25, 0.3) is 0 Å². The monoisotopic (exact) mass is 316 g/mol. The number of carboxylic acids is 1. The molecule has 0 spiro atoms. The number of hydrogen-bond acceptors (Lipinski definition) is 3. The van der Waals surface area contributed by atoms with Crippen molar-refractivity contribution in [2.75, 3.05) is 16.8 Å². The summed E-state index contributed by atoms with van der Waals surface area (Å²) in [5.41, 5.74) is 0.346. The molecule has 3 N–H and O–H groups in total. The molecule has 5 nitrogen and oxygen atoms in total. The lowest BCUT2D eigenvalue weighted by atomic mass is 10.2. The number of carbonyl (C=O) groups is 2. The maximum atomic E-state index is 11.7. The number of halogens is 1. The zero-order valence-corrected chi connectivity index (χ0v) is 12.8. The Morgan fingerprint density at radius 2 is 2.15 bits per heavy atom. The standard InChI is InChI=1S/C13H17ClN2O3S/c1-3-20-7-8(2)15-13(19)16-9-4-5-11(14)10(6-9)12(17)18/h4-6,8H,3,7H2,1-2H3,(H,17,18)(H2,15,16,19). The molecule has 7 heteroatoms. The Bertz CT molecular complexity index is 497. The summed E-state index contributed by atoms with van der Waals surface area (Å²) in [6, 6.07) is 3.99. The highest BCUT2D eigenvalue weighted by molar-refractivity contribution is 7.99. The van der Waals surface area contributed by atoms with Crippen LogP contribution in [-0.4, -0.2) is 34.7 Å². The van der Waals surface area contributed by atoms with Crippen molar-refractivity contribution in [2.45, 2.75) is 19.9 Å². The van der Waals surface area contributed by atoms with E-state index >= 15 is 0 Å². The third kappa shape index (κ3) is 5.30. The molecule has 0 saturated carbocycles. The Kier molecular flexibility index (Phi) is 6.67. The number of benzene rings is 1. The van der Waals surface area contributed by atoms with Crippen molar-refractivity contribution in [3.8, 4) is 0 Å². The summed E-state index contributed by atoms with van der Waals surface area (Å²) in [4.78, 5) is 22.7. The highest BCUT2D eigenvalue weighted by Crippen LogP contribution is 2.20. The summed E-state index contributed by atoms with van der Waals surface area (Å²) in [5, 5.41) is 14.5. The van der Waals surface area contributed by atoms with Crippen LogP contribution >= 0.6 is 23.4 Å². The molecule has 0 aliphatic carbocycles. The van der Waals surface area contributed by atoms with Crippen molar-refractivity contribution in [3.05, 3.63) is 28.8 Å². The fraction of sp³-hybridized carbons (Fsp3) is 0.385. The number of rotatable bonds is 6. The Morgan fingerprint density at radius 3 is 2.75 bits per heavy atom. The van der Waals surface area contributed by atoms with Crippen LogP contribution in [0, 0.1) is 0 Å².